The molecule has 27 heavy (non-hydrogen) atoms. The predicted molar refractivity (Wildman–Crippen MR) is 108 cm³/mol. The topological polar surface area (TPSA) is 69.4 Å². The van der Waals surface area contributed by atoms with Crippen LogP contribution in [-0.4, -0.2) is 29.1 Å². The fourth-order valence-corrected chi connectivity index (χ4v) is 5.17. The van der Waals surface area contributed by atoms with Gasteiger partial charge in [-0.15, -0.1) is 10.2 Å². The second-order valence-electron chi connectivity index (χ2n) is 7.38. The van der Waals surface area contributed by atoms with Crippen LogP contribution in [0.1, 0.15) is 57.8 Å². The van der Waals surface area contributed by atoms with Gasteiger partial charge in [0.05, 0.1) is 0 Å². The Balaban J connectivity index is 1.65. The molecule has 3 heterocycles. The Labute approximate surface area is 168 Å². The number of aromatic nitrogens is 6. The van der Waals surface area contributed by atoms with Gasteiger partial charge in [-0.05, 0) is 54.2 Å². The number of pyridine rings is 1. The van der Waals surface area contributed by atoms with E-state index in [-0.39, 0.29) is 0 Å². The maximum atomic E-state index is 4.69. The third kappa shape index (κ3) is 4.38. The summed E-state index contributed by atoms with van der Waals surface area (Å²) >= 11 is 3.05. The van der Waals surface area contributed by atoms with Gasteiger partial charge >= 0.3 is 0 Å². The van der Waals surface area contributed by atoms with E-state index in [4.69, 9.17) is 4.98 Å². The zero-order valence-electron chi connectivity index (χ0n) is 15.7. The highest BCUT2D eigenvalue weighted by Crippen LogP contribution is 2.37. The van der Waals surface area contributed by atoms with Gasteiger partial charge in [0.15, 0.2) is 15.3 Å². The fraction of sp³-hybridized carbons (Fsp3) is 0.526. The Morgan fingerprint density at radius 3 is 2.67 bits per heavy atom. The number of hydrogen-bond acceptors (Lipinski definition) is 7. The molecule has 0 radical (unpaired) electrons. The lowest BCUT2D eigenvalue weighted by atomic mass is 9.95. The molecule has 0 unspecified atom stereocenters. The maximum absolute atomic E-state index is 4.69. The molecule has 0 N–H and O–H groups in total. The highest BCUT2D eigenvalue weighted by Gasteiger charge is 2.25. The average molecular weight is 401 g/mol. The summed E-state index contributed by atoms with van der Waals surface area (Å²) in [6, 6.07) is 4.45. The second kappa shape index (κ2) is 8.48. The van der Waals surface area contributed by atoms with Crippen LogP contribution in [0.15, 0.2) is 34.0 Å². The van der Waals surface area contributed by atoms with E-state index in [1.807, 2.05) is 24.5 Å². The third-order valence-electron chi connectivity index (χ3n) is 4.76. The lowest BCUT2D eigenvalue weighted by molar-refractivity contribution is 0.339. The quantitative estimate of drug-likeness (QED) is 0.577. The summed E-state index contributed by atoms with van der Waals surface area (Å²) in [6.07, 6.45) is 10.7. The van der Waals surface area contributed by atoms with Gasteiger partial charge in [0.2, 0.25) is 0 Å². The summed E-state index contributed by atoms with van der Waals surface area (Å²) in [5.74, 6) is 2.41. The van der Waals surface area contributed by atoms with Crippen LogP contribution in [0.4, 0.5) is 0 Å². The summed E-state index contributed by atoms with van der Waals surface area (Å²) < 4.78 is 7.77. The molecule has 6 nitrogen and oxygen atoms in total. The standard InChI is InChI=1S/C19H24N6S2/c1-13(2)12-16-21-19(27-24-16)26-18-23-22-17(14-8-10-20-11-9-14)25(18)15-6-4-3-5-7-15/h8-11,13,15H,3-7,12H2,1-2H3. The minimum absolute atomic E-state index is 0.447. The zero-order chi connectivity index (χ0) is 18.6. The summed E-state index contributed by atoms with van der Waals surface area (Å²) in [7, 11) is 0. The van der Waals surface area contributed by atoms with E-state index in [0.717, 1.165) is 33.1 Å². The van der Waals surface area contributed by atoms with Crippen molar-refractivity contribution in [3.63, 3.8) is 0 Å². The molecule has 4 rings (SSSR count). The van der Waals surface area contributed by atoms with E-state index in [9.17, 15) is 0 Å². The molecule has 0 amide bonds. The summed E-state index contributed by atoms with van der Waals surface area (Å²) in [5.41, 5.74) is 1.06. The normalized spacial score (nSPS) is 15.5. The van der Waals surface area contributed by atoms with Crippen molar-refractivity contribution in [1.82, 2.24) is 29.1 Å². The first-order valence-electron chi connectivity index (χ1n) is 9.56. The van der Waals surface area contributed by atoms with Crippen molar-refractivity contribution in [2.24, 2.45) is 5.92 Å². The zero-order valence-corrected chi connectivity index (χ0v) is 17.3. The van der Waals surface area contributed by atoms with Crippen molar-refractivity contribution >= 4 is 23.3 Å². The van der Waals surface area contributed by atoms with Crippen molar-refractivity contribution in [1.29, 1.82) is 0 Å². The molecule has 1 aliphatic carbocycles. The van der Waals surface area contributed by atoms with E-state index in [0.29, 0.717) is 12.0 Å². The third-order valence-corrected chi connectivity index (χ3v) is 6.51. The molecule has 3 aromatic heterocycles. The summed E-state index contributed by atoms with van der Waals surface area (Å²) in [5, 5.41) is 9.98. The molecule has 1 saturated carbocycles. The molecule has 0 bridgehead atoms. The maximum Gasteiger partial charge on any atom is 0.198 e. The molecule has 0 atom stereocenters. The van der Waals surface area contributed by atoms with Gasteiger partial charge in [0.1, 0.15) is 5.82 Å². The SMILES string of the molecule is CC(C)Cc1nsc(Sc2nnc(-c3ccncc3)n2C2CCCCC2)n1. The van der Waals surface area contributed by atoms with Crippen LogP contribution >= 0.6 is 23.3 Å². The molecule has 1 aliphatic rings. The first-order chi connectivity index (χ1) is 13.2. The molecule has 0 spiro atoms. The van der Waals surface area contributed by atoms with Gasteiger partial charge < -0.3 is 0 Å². The molecule has 0 aromatic carbocycles. The molecule has 8 heteroatoms. The van der Waals surface area contributed by atoms with Crippen molar-refractivity contribution in [2.75, 3.05) is 0 Å². The van der Waals surface area contributed by atoms with Crippen LogP contribution in [0.3, 0.4) is 0 Å². The fourth-order valence-electron chi connectivity index (χ4n) is 3.52. The molecule has 1 fully saturated rings. The second-order valence-corrected chi connectivity index (χ2v) is 9.35. The van der Waals surface area contributed by atoms with E-state index in [1.165, 1.54) is 43.6 Å². The Morgan fingerprint density at radius 2 is 1.93 bits per heavy atom. The minimum atomic E-state index is 0.447. The molecule has 0 aliphatic heterocycles. The van der Waals surface area contributed by atoms with Gasteiger partial charge in [-0.1, -0.05) is 33.1 Å². The van der Waals surface area contributed by atoms with Crippen LogP contribution < -0.4 is 0 Å². The smallest absolute Gasteiger partial charge is 0.198 e. The Kier molecular flexibility index (Phi) is 5.83. The highest BCUT2D eigenvalue weighted by molar-refractivity contribution is 8.00. The Morgan fingerprint density at radius 1 is 1.15 bits per heavy atom. The lowest BCUT2D eigenvalue weighted by Gasteiger charge is -2.25. The van der Waals surface area contributed by atoms with Crippen LogP contribution in [0, 0.1) is 5.92 Å². The minimum Gasteiger partial charge on any atom is -0.299 e. The predicted octanol–water partition coefficient (Wildman–Crippen LogP) is 5.05. The molecular formula is C19H24N6S2. The van der Waals surface area contributed by atoms with Crippen LogP contribution in [-0.2, 0) is 6.42 Å². The van der Waals surface area contributed by atoms with E-state index >= 15 is 0 Å². The summed E-state index contributed by atoms with van der Waals surface area (Å²) in [6.45, 7) is 4.38. The van der Waals surface area contributed by atoms with Crippen LogP contribution in [0.25, 0.3) is 11.4 Å². The Bertz CT molecular complexity index is 867. The van der Waals surface area contributed by atoms with Gasteiger partial charge in [-0.3, -0.25) is 9.55 Å². The van der Waals surface area contributed by atoms with Gasteiger partial charge in [-0.25, -0.2) is 4.98 Å². The van der Waals surface area contributed by atoms with Gasteiger partial charge in [0.25, 0.3) is 0 Å². The van der Waals surface area contributed by atoms with Crippen LogP contribution in [0.5, 0.6) is 0 Å². The number of rotatable bonds is 6. The van der Waals surface area contributed by atoms with E-state index in [2.05, 4.69) is 38.0 Å². The van der Waals surface area contributed by atoms with Crippen LogP contribution in [0.2, 0.25) is 0 Å². The molecule has 3 aromatic rings. The number of nitrogens with zero attached hydrogens (tertiary/aromatic N) is 6. The summed E-state index contributed by atoms with van der Waals surface area (Å²) in [4.78, 5) is 8.83. The number of hydrogen-bond donors (Lipinski definition) is 0. The van der Waals surface area contributed by atoms with Crippen molar-refractivity contribution in [3.05, 3.63) is 30.4 Å². The lowest BCUT2D eigenvalue weighted by Crippen LogP contribution is -2.15. The van der Waals surface area contributed by atoms with E-state index in [1.54, 1.807) is 11.8 Å². The highest BCUT2D eigenvalue weighted by atomic mass is 32.2. The largest absolute Gasteiger partial charge is 0.299 e. The van der Waals surface area contributed by atoms with Crippen molar-refractivity contribution in [3.8, 4) is 11.4 Å². The first-order valence-corrected chi connectivity index (χ1v) is 11.2. The first kappa shape index (κ1) is 18.6. The molecular weight excluding hydrogens is 376 g/mol. The molecule has 142 valence electrons. The Hall–Kier alpha value is -1.80. The van der Waals surface area contributed by atoms with Crippen molar-refractivity contribution in [2.45, 2.75) is 67.9 Å². The van der Waals surface area contributed by atoms with Gasteiger partial charge in [0, 0.05) is 30.4 Å². The monoisotopic (exact) mass is 400 g/mol. The van der Waals surface area contributed by atoms with E-state index < -0.39 is 0 Å². The van der Waals surface area contributed by atoms with Crippen molar-refractivity contribution < 1.29 is 0 Å². The van der Waals surface area contributed by atoms with Gasteiger partial charge in [-0.2, -0.15) is 4.37 Å². The molecule has 0 saturated heterocycles. The average Bonchev–Trinajstić information content (AvgIpc) is 3.30.